The number of carbonyl (C=O) groups is 1. The SMILES string of the molecule is C=C(C)C(=O)OC(C)CCCC(C)CCCCC. The van der Waals surface area contributed by atoms with Crippen molar-refractivity contribution in [1.29, 1.82) is 0 Å². The lowest BCUT2D eigenvalue weighted by Crippen LogP contribution is -2.15. The van der Waals surface area contributed by atoms with Crippen LogP contribution in [0.15, 0.2) is 12.2 Å². The molecule has 0 amide bonds. The molecule has 0 fully saturated rings. The first-order chi connectivity index (χ1) is 8.47. The normalized spacial score (nSPS) is 14.0. The van der Waals surface area contributed by atoms with Gasteiger partial charge in [-0.15, -0.1) is 0 Å². The fraction of sp³-hybridized carbons (Fsp3) is 0.812. The van der Waals surface area contributed by atoms with Crippen LogP contribution in [-0.4, -0.2) is 12.1 Å². The summed E-state index contributed by atoms with van der Waals surface area (Å²) in [5.74, 6) is 0.527. The number of rotatable bonds is 10. The molecule has 0 radical (unpaired) electrons. The molecule has 0 N–H and O–H groups in total. The van der Waals surface area contributed by atoms with Crippen molar-refractivity contribution >= 4 is 5.97 Å². The highest BCUT2D eigenvalue weighted by Gasteiger charge is 2.10. The van der Waals surface area contributed by atoms with Crippen molar-refractivity contribution in [2.45, 2.75) is 78.7 Å². The second-order valence-corrected chi connectivity index (χ2v) is 5.53. The van der Waals surface area contributed by atoms with Crippen molar-refractivity contribution in [3.05, 3.63) is 12.2 Å². The molecule has 0 saturated heterocycles. The Morgan fingerprint density at radius 1 is 1.11 bits per heavy atom. The molecule has 2 unspecified atom stereocenters. The van der Waals surface area contributed by atoms with Crippen LogP contribution in [0.4, 0.5) is 0 Å². The van der Waals surface area contributed by atoms with Crippen molar-refractivity contribution in [2.75, 3.05) is 0 Å². The average molecular weight is 254 g/mol. The maximum absolute atomic E-state index is 11.3. The third kappa shape index (κ3) is 9.26. The number of esters is 1. The van der Waals surface area contributed by atoms with Gasteiger partial charge in [-0.05, 0) is 32.6 Å². The Labute approximate surface area is 113 Å². The molecule has 0 saturated carbocycles. The highest BCUT2D eigenvalue weighted by Crippen LogP contribution is 2.17. The quantitative estimate of drug-likeness (QED) is 0.315. The fourth-order valence-electron chi connectivity index (χ4n) is 1.98. The van der Waals surface area contributed by atoms with E-state index in [4.69, 9.17) is 4.74 Å². The topological polar surface area (TPSA) is 26.3 Å². The summed E-state index contributed by atoms with van der Waals surface area (Å²) in [7, 11) is 0. The number of hydrogen-bond donors (Lipinski definition) is 0. The Morgan fingerprint density at radius 2 is 1.72 bits per heavy atom. The number of unbranched alkanes of at least 4 members (excludes halogenated alkanes) is 2. The van der Waals surface area contributed by atoms with Gasteiger partial charge in [0.15, 0.2) is 0 Å². The van der Waals surface area contributed by atoms with Gasteiger partial charge in [-0.3, -0.25) is 0 Å². The van der Waals surface area contributed by atoms with Gasteiger partial charge in [0.1, 0.15) is 0 Å². The molecular weight excluding hydrogens is 224 g/mol. The van der Waals surface area contributed by atoms with E-state index < -0.39 is 0 Å². The average Bonchev–Trinajstić information content (AvgIpc) is 2.29. The fourth-order valence-corrected chi connectivity index (χ4v) is 1.98. The zero-order valence-corrected chi connectivity index (χ0v) is 12.6. The third-order valence-corrected chi connectivity index (χ3v) is 3.26. The molecule has 106 valence electrons. The van der Waals surface area contributed by atoms with E-state index in [2.05, 4.69) is 20.4 Å². The zero-order chi connectivity index (χ0) is 14.0. The standard InChI is InChI=1S/C16H30O2/c1-6-7-8-10-14(4)11-9-12-15(5)18-16(17)13(2)3/h14-15H,2,6-12H2,1,3-5H3. The predicted octanol–water partition coefficient (Wildman–Crippen LogP) is 4.88. The zero-order valence-electron chi connectivity index (χ0n) is 12.6. The number of carbonyl (C=O) groups excluding carboxylic acids is 1. The van der Waals surface area contributed by atoms with Crippen LogP contribution in [0.3, 0.4) is 0 Å². The van der Waals surface area contributed by atoms with E-state index in [9.17, 15) is 4.79 Å². The molecule has 0 aromatic carbocycles. The third-order valence-electron chi connectivity index (χ3n) is 3.26. The molecule has 0 aliphatic heterocycles. The van der Waals surface area contributed by atoms with Crippen LogP contribution in [0, 0.1) is 5.92 Å². The lowest BCUT2D eigenvalue weighted by molar-refractivity contribution is -0.143. The van der Waals surface area contributed by atoms with Crippen LogP contribution in [-0.2, 0) is 9.53 Å². The van der Waals surface area contributed by atoms with Crippen LogP contribution < -0.4 is 0 Å². The van der Waals surface area contributed by atoms with E-state index in [0.717, 1.165) is 18.8 Å². The van der Waals surface area contributed by atoms with E-state index in [-0.39, 0.29) is 12.1 Å². The van der Waals surface area contributed by atoms with Gasteiger partial charge < -0.3 is 4.74 Å². The Hall–Kier alpha value is -0.790. The maximum atomic E-state index is 11.3. The van der Waals surface area contributed by atoms with Gasteiger partial charge in [0, 0.05) is 5.57 Å². The van der Waals surface area contributed by atoms with E-state index in [1.54, 1.807) is 6.92 Å². The molecule has 0 bridgehead atoms. The molecule has 0 aliphatic carbocycles. The first kappa shape index (κ1) is 17.2. The summed E-state index contributed by atoms with van der Waals surface area (Å²) in [6.07, 6.45) is 8.65. The van der Waals surface area contributed by atoms with Gasteiger partial charge >= 0.3 is 5.97 Å². The van der Waals surface area contributed by atoms with Gasteiger partial charge in [-0.2, -0.15) is 0 Å². The Bertz CT molecular complexity index is 245. The molecule has 0 aliphatic rings. The number of hydrogen-bond acceptors (Lipinski definition) is 2. The lowest BCUT2D eigenvalue weighted by atomic mass is 9.97. The highest BCUT2D eigenvalue weighted by atomic mass is 16.5. The smallest absolute Gasteiger partial charge is 0.333 e. The predicted molar refractivity (Wildman–Crippen MR) is 77.5 cm³/mol. The second kappa shape index (κ2) is 10.2. The summed E-state index contributed by atoms with van der Waals surface area (Å²) in [6.45, 7) is 11.8. The van der Waals surface area contributed by atoms with Gasteiger partial charge in [-0.1, -0.05) is 52.5 Å². The van der Waals surface area contributed by atoms with Crippen molar-refractivity contribution in [2.24, 2.45) is 5.92 Å². The molecule has 2 atom stereocenters. The van der Waals surface area contributed by atoms with E-state index in [0.29, 0.717) is 5.57 Å². The molecular formula is C16H30O2. The molecule has 18 heavy (non-hydrogen) atoms. The molecule has 2 nitrogen and oxygen atoms in total. The van der Waals surface area contributed by atoms with Gasteiger partial charge in [0.25, 0.3) is 0 Å². The second-order valence-electron chi connectivity index (χ2n) is 5.53. The van der Waals surface area contributed by atoms with Crippen molar-refractivity contribution < 1.29 is 9.53 Å². The molecule has 0 aromatic rings. The highest BCUT2D eigenvalue weighted by molar-refractivity contribution is 5.87. The first-order valence-electron chi connectivity index (χ1n) is 7.33. The van der Waals surface area contributed by atoms with E-state index >= 15 is 0 Å². The molecule has 0 spiro atoms. The summed E-state index contributed by atoms with van der Waals surface area (Å²) in [5.41, 5.74) is 0.481. The summed E-state index contributed by atoms with van der Waals surface area (Å²) in [4.78, 5) is 11.3. The monoisotopic (exact) mass is 254 g/mol. The van der Waals surface area contributed by atoms with Crippen molar-refractivity contribution in [1.82, 2.24) is 0 Å². The molecule has 0 heterocycles. The van der Waals surface area contributed by atoms with Crippen LogP contribution >= 0.6 is 0 Å². The van der Waals surface area contributed by atoms with Crippen molar-refractivity contribution in [3.8, 4) is 0 Å². The first-order valence-corrected chi connectivity index (χ1v) is 7.33. The van der Waals surface area contributed by atoms with E-state index in [1.165, 1.54) is 32.1 Å². The van der Waals surface area contributed by atoms with Gasteiger partial charge in [0.2, 0.25) is 0 Å². The molecule has 0 rings (SSSR count). The Morgan fingerprint density at radius 3 is 2.28 bits per heavy atom. The maximum Gasteiger partial charge on any atom is 0.333 e. The minimum absolute atomic E-state index is 0.0111. The Balaban J connectivity index is 3.58. The van der Waals surface area contributed by atoms with Crippen LogP contribution in [0.2, 0.25) is 0 Å². The van der Waals surface area contributed by atoms with Crippen LogP contribution in [0.1, 0.15) is 72.6 Å². The summed E-state index contributed by atoms with van der Waals surface area (Å²) >= 11 is 0. The van der Waals surface area contributed by atoms with Gasteiger partial charge in [0.05, 0.1) is 6.10 Å². The van der Waals surface area contributed by atoms with E-state index in [1.807, 2.05) is 6.92 Å². The van der Waals surface area contributed by atoms with Gasteiger partial charge in [-0.25, -0.2) is 4.79 Å². The summed E-state index contributed by atoms with van der Waals surface area (Å²) in [6, 6.07) is 0. The largest absolute Gasteiger partial charge is 0.459 e. The van der Waals surface area contributed by atoms with Crippen LogP contribution in [0.5, 0.6) is 0 Å². The minimum atomic E-state index is -0.265. The molecule has 2 heteroatoms. The minimum Gasteiger partial charge on any atom is -0.459 e. The summed E-state index contributed by atoms with van der Waals surface area (Å²) < 4.78 is 5.25. The Kier molecular flexibility index (Phi) is 9.72. The van der Waals surface area contributed by atoms with Crippen LogP contribution in [0.25, 0.3) is 0 Å². The van der Waals surface area contributed by atoms with Crippen molar-refractivity contribution in [3.63, 3.8) is 0 Å². The lowest BCUT2D eigenvalue weighted by Gasteiger charge is -2.15. The number of ether oxygens (including phenoxy) is 1. The summed E-state index contributed by atoms with van der Waals surface area (Å²) in [5, 5.41) is 0. The molecule has 0 aromatic heterocycles.